The van der Waals surface area contributed by atoms with Crippen LogP contribution in [-0.2, 0) is 4.79 Å². The number of thioether (sulfide) groups is 1. The summed E-state index contributed by atoms with van der Waals surface area (Å²) in [5.41, 5.74) is 1.90. The van der Waals surface area contributed by atoms with Gasteiger partial charge in [0.15, 0.2) is 0 Å². The Bertz CT molecular complexity index is 613. The normalized spacial score (nSPS) is 10.7. The fourth-order valence-electron chi connectivity index (χ4n) is 2.12. The van der Waals surface area contributed by atoms with E-state index in [1.54, 1.807) is 35.5 Å². The van der Waals surface area contributed by atoms with Crippen LogP contribution in [0.4, 0.5) is 5.00 Å². The molecule has 0 N–H and O–H groups in total. The second-order valence-corrected chi connectivity index (χ2v) is 7.11. The van der Waals surface area contributed by atoms with E-state index in [-0.39, 0.29) is 5.91 Å². The first-order chi connectivity index (χ1) is 10.7. The summed E-state index contributed by atoms with van der Waals surface area (Å²) in [4.78, 5) is 23.0. The molecule has 0 unspecified atom stereocenters. The lowest BCUT2D eigenvalue weighted by Crippen LogP contribution is -2.30. The predicted octanol–water partition coefficient (Wildman–Crippen LogP) is 4.01. The SMILES string of the molecule is CCSCCC(=O)N(CC)c1sc(-c2cccnc2)nc1C. The molecule has 0 bridgehead atoms. The van der Waals surface area contributed by atoms with Crippen molar-refractivity contribution in [3.05, 3.63) is 30.2 Å². The van der Waals surface area contributed by atoms with E-state index in [1.807, 2.05) is 30.9 Å². The minimum absolute atomic E-state index is 0.174. The van der Waals surface area contributed by atoms with Crippen molar-refractivity contribution in [2.24, 2.45) is 0 Å². The number of pyridine rings is 1. The maximum absolute atomic E-state index is 12.4. The third-order valence-electron chi connectivity index (χ3n) is 3.21. The van der Waals surface area contributed by atoms with Crippen molar-refractivity contribution in [2.45, 2.75) is 27.2 Å². The van der Waals surface area contributed by atoms with Gasteiger partial charge < -0.3 is 4.90 Å². The average Bonchev–Trinajstić information content (AvgIpc) is 2.91. The molecule has 2 rings (SSSR count). The third kappa shape index (κ3) is 4.08. The zero-order valence-corrected chi connectivity index (χ0v) is 14.8. The van der Waals surface area contributed by atoms with Gasteiger partial charge in [-0.05, 0) is 31.7 Å². The molecule has 0 aliphatic rings. The zero-order chi connectivity index (χ0) is 15.9. The summed E-state index contributed by atoms with van der Waals surface area (Å²) >= 11 is 3.36. The molecular formula is C16H21N3OS2. The highest BCUT2D eigenvalue weighted by Crippen LogP contribution is 2.34. The molecule has 0 saturated heterocycles. The van der Waals surface area contributed by atoms with Crippen LogP contribution in [0.2, 0.25) is 0 Å². The van der Waals surface area contributed by atoms with Gasteiger partial charge in [0.2, 0.25) is 5.91 Å². The molecule has 2 heterocycles. The van der Waals surface area contributed by atoms with Gasteiger partial charge in [-0.3, -0.25) is 9.78 Å². The molecule has 0 fully saturated rings. The van der Waals surface area contributed by atoms with E-state index in [0.717, 1.165) is 32.8 Å². The van der Waals surface area contributed by atoms with Crippen LogP contribution in [0, 0.1) is 6.92 Å². The molecule has 0 atom stereocenters. The maximum Gasteiger partial charge on any atom is 0.228 e. The molecule has 0 spiro atoms. The first kappa shape index (κ1) is 17.0. The van der Waals surface area contributed by atoms with Gasteiger partial charge in [-0.15, -0.1) is 0 Å². The Morgan fingerprint density at radius 3 is 2.86 bits per heavy atom. The number of hydrogen-bond donors (Lipinski definition) is 0. The van der Waals surface area contributed by atoms with Crippen molar-refractivity contribution in [3.63, 3.8) is 0 Å². The van der Waals surface area contributed by atoms with Crippen molar-refractivity contribution in [1.29, 1.82) is 0 Å². The molecule has 4 nitrogen and oxygen atoms in total. The van der Waals surface area contributed by atoms with Crippen LogP contribution >= 0.6 is 23.1 Å². The van der Waals surface area contributed by atoms with Crippen LogP contribution in [0.15, 0.2) is 24.5 Å². The Kier molecular flexibility index (Phi) is 6.39. The number of carbonyl (C=O) groups is 1. The molecule has 6 heteroatoms. The van der Waals surface area contributed by atoms with Crippen LogP contribution in [0.25, 0.3) is 10.6 Å². The van der Waals surface area contributed by atoms with Crippen LogP contribution in [0.3, 0.4) is 0 Å². The molecule has 118 valence electrons. The molecule has 0 radical (unpaired) electrons. The van der Waals surface area contributed by atoms with Crippen molar-refractivity contribution >= 4 is 34.0 Å². The Morgan fingerprint density at radius 1 is 1.41 bits per heavy atom. The molecule has 2 aromatic rings. The number of amides is 1. The second-order valence-electron chi connectivity index (χ2n) is 4.74. The summed E-state index contributed by atoms with van der Waals surface area (Å²) in [5, 5.41) is 1.86. The van der Waals surface area contributed by atoms with E-state index in [1.165, 1.54) is 0 Å². The number of aromatic nitrogens is 2. The first-order valence-electron chi connectivity index (χ1n) is 7.43. The summed E-state index contributed by atoms with van der Waals surface area (Å²) in [6.07, 6.45) is 4.13. The third-order valence-corrected chi connectivity index (χ3v) is 5.34. The quantitative estimate of drug-likeness (QED) is 0.717. The zero-order valence-electron chi connectivity index (χ0n) is 13.2. The Balaban J connectivity index is 2.19. The minimum atomic E-state index is 0.174. The number of carbonyl (C=O) groups excluding carboxylic acids is 1. The van der Waals surface area contributed by atoms with Crippen molar-refractivity contribution in [1.82, 2.24) is 9.97 Å². The average molecular weight is 335 g/mol. The highest BCUT2D eigenvalue weighted by atomic mass is 32.2. The fraction of sp³-hybridized carbons (Fsp3) is 0.438. The highest BCUT2D eigenvalue weighted by Gasteiger charge is 2.20. The van der Waals surface area contributed by atoms with Crippen LogP contribution in [0.5, 0.6) is 0 Å². The van der Waals surface area contributed by atoms with E-state index >= 15 is 0 Å². The topological polar surface area (TPSA) is 46.1 Å². The van der Waals surface area contributed by atoms with Crippen LogP contribution in [0.1, 0.15) is 26.0 Å². The van der Waals surface area contributed by atoms with Gasteiger partial charge in [0.25, 0.3) is 0 Å². The van der Waals surface area contributed by atoms with Gasteiger partial charge in [0, 0.05) is 36.7 Å². The highest BCUT2D eigenvalue weighted by molar-refractivity contribution is 7.99. The smallest absolute Gasteiger partial charge is 0.228 e. The number of aryl methyl sites for hydroxylation is 1. The molecule has 22 heavy (non-hydrogen) atoms. The number of anilines is 1. The molecule has 1 amide bonds. The summed E-state index contributed by atoms with van der Waals surface area (Å²) < 4.78 is 0. The van der Waals surface area contributed by atoms with Gasteiger partial charge in [-0.2, -0.15) is 11.8 Å². The monoisotopic (exact) mass is 335 g/mol. The molecule has 0 aliphatic heterocycles. The molecule has 0 saturated carbocycles. The Hall–Kier alpha value is -1.40. The number of rotatable bonds is 7. The lowest BCUT2D eigenvalue weighted by molar-refractivity contribution is -0.118. The lowest BCUT2D eigenvalue weighted by atomic mass is 10.3. The lowest BCUT2D eigenvalue weighted by Gasteiger charge is -2.19. The van der Waals surface area contributed by atoms with Crippen LogP contribution in [-0.4, -0.2) is 33.9 Å². The standard InChI is InChI=1S/C16H21N3OS2/c1-4-19(14(20)8-10-21-5-2)16-12(3)18-15(22-16)13-7-6-9-17-11-13/h6-7,9,11H,4-5,8,10H2,1-3H3. The molecular weight excluding hydrogens is 314 g/mol. The minimum Gasteiger partial charge on any atom is -0.303 e. The maximum atomic E-state index is 12.4. The van der Waals surface area contributed by atoms with Crippen LogP contribution < -0.4 is 4.90 Å². The summed E-state index contributed by atoms with van der Waals surface area (Å²) in [7, 11) is 0. The van der Waals surface area contributed by atoms with E-state index in [9.17, 15) is 4.79 Å². The molecule has 2 aromatic heterocycles. The summed E-state index contributed by atoms with van der Waals surface area (Å²) in [5.74, 6) is 2.09. The van der Waals surface area contributed by atoms with E-state index < -0.39 is 0 Å². The van der Waals surface area contributed by atoms with Crippen molar-refractivity contribution in [2.75, 3.05) is 23.0 Å². The van der Waals surface area contributed by atoms with Gasteiger partial charge >= 0.3 is 0 Å². The number of nitrogens with zero attached hydrogens (tertiary/aromatic N) is 3. The predicted molar refractivity (Wildman–Crippen MR) is 95.7 cm³/mol. The number of thiazole rings is 1. The molecule has 0 aliphatic carbocycles. The second kappa shape index (κ2) is 8.29. The van der Waals surface area contributed by atoms with E-state index in [2.05, 4.69) is 16.9 Å². The summed E-state index contributed by atoms with van der Waals surface area (Å²) in [6, 6.07) is 3.89. The molecule has 0 aromatic carbocycles. The largest absolute Gasteiger partial charge is 0.303 e. The van der Waals surface area contributed by atoms with Crippen molar-refractivity contribution < 1.29 is 4.79 Å². The Morgan fingerprint density at radius 2 is 2.23 bits per heavy atom. The van der Waals surface area contributed by atoms with Gasteiger partial charge in [0.05, 0.1) is 5.69 Å². The Labute approximate surface area is 140 Å². The number of hydrogen-bond acceptors (Lipinski definition) is 5. The van der Waals surface area contributed by atoms with E-state index in [0.29, 0.717) is 13.0 Å². The summed E-state index contributed by atoms with van der Waals surface area (Å²) in [6.45, 7) is 6.75. The first-order valence-corrected chi connectivity index (χ1v) is 9.40. The fourth-order valence-corrected chi connectivity index (χ4v) is 3.87. The van der Waals surface area contributed by atoms with Gasteiger partial charge in [-0.1, -0.05) is 18.3 Å². The van der Waals surface area contributed by atoms with Gasteiger partial charge in [-0.25, -0.2) is 4.98 Å². The van der Waals surface area contributed by atoms with E-state index in [4.69, 9.17) is 0 Å². The van der Waals surface area contributed by atoms with Crippen molar-refractivity contribution in [3.8, 4) is 10.6 Å². The van der Waals surface area contributed by atoms with Gasteiger partial charge in [0.1, 0.15) is 10.0 Å².